The van der Waals surface area contributed by atoms with Gasteiger partial charge in [-0.25, -0.2) is 0 Å². The molecular formula is C11H14N2. The molecule has 68 valence electrons. The molecule has 0 saturated carbocycles. The molecule has 1 aromatic rings. The second-order valence-corrected chi connectivity index (χ2v) is 3.35. The van der Waals surface area contributed by atoms with Crippen LogP contribution in [0.1, 0.15) is 18.4 Å². The van der Waals surface area contributed by atoms with Crippen molar-refractivity contribution in [3.63, 3.8) is 0 Å². The Hall–Kier alpha value is -1.15. The van der Waals surface area contributed by atoms with Crippen molar-refractivity contribution < 1.29 is 0 Å². The Bertz CT molecular complexity index is 273. The highest BCUT2D eigenvalue weighted by Gasteiger charge is 2.09. The van der Waals surface area contributed by atoms with Crippen molar-refractivity contribution in [2.45, 2.75) is 18.9 Å². The fraction of sp³-hybridized carbons (Fsp3) is 0.364. The molecule has 1 N–H and O–H groups in total. The first kappa shape index (κ1) is 8.45. The third-order valence-corrected chi connectivity index (χ3v) is 2.30. The molecule has 2 rings (SSSR count). The molecule has 1 atom stereocenters. The number of rotatable bonds is 2. The summed E-state index contributed by atoms with van der Waals surface area (Å²) in [5, 5.41) is 3.42. The van der Waals surface area contributed by atoms with E-state index >= 15 is 0 Å². The quantitative estimate of drug-likeness (QED) is 0.740. The fourth-order valence-corrected chi connectivity index (χ4v) is 1.58. The Morgan fingerprint density at radius 3 is 3.23 bits per heavy atom. The highest BCUT2D eigenvalue weighted by atomic mass is 14.9. The molecule has 13 heavy (non-hydrogen) atoms. The lowest BCUT2D eigenvalue weighted by atomic mass is 10.2. The predicted molar refractivity (Wildman–Crippen MR) is 54.3 cm³/mol. The van der Waals surface area contributed by atoms with Crippen LogP contribution in [-0.4, -0.2) is 17.6 Å². The second-order valence-electron chi connectivity index (χ2n) is 3.35. The van der Waals surface area contributed by atoms with Crippen LogP contribution in [0, 0.1) is 0 Å². The maximum Gasteiger partial charge on any atom is 0.0340 e. The Morgan fingerprint density at radius 1 is 1.54 bits per heavy atom. The van der Waals surface area contributed by atoms with Crippen LogP contribution >= 0.6 is 0 Å². The lowest BCUT2D eigenvalue weighted by Gasteiger charge is -2.01. The lowest BCUT2D eigenvalue weighted by molar-refractivity contribution is 0.730. The van der Waals surface area contributed by atoms with Crippen LogP contribution in [0.4, 0.5) is 0 Å². The van der Waals surface area contributed by atoms with Crippen LogP contribution in [0.2, 0.25) is 0 Å². The summed E-state index contributed by atoms with van der Waals surface area (Å²) in [6.45, 7) is 1.15. The zero-order valence-electron chi connectivity index (χ0n) is 7.61. The summed E-state index contributed by atoms with van der Waals surface area (Å²) in [5.74, 6) is 0. The molecule has 0 radical (unpaired) electrons. The molecule has 0 bridgehead atoms. The number of nitrogens with zero attached hydrogens (tertiary/aromatic N) is 1. The fourth-order valence-electron chi connectivity index (χ4n) is 1.58. The van der Waals surface area contributed by atoms with Crippen LogP contribution in [0.3, 0.4) is 0 Å². The molecule has 0 aromatic carbocycles. The third kappa shape index (κ3) is 2.39. The van der Waals surface area contributed by atoms with Gasteiger partial charge < -0.3 is 5.32 Å². The second kappa shape index (κ2) is 4.19. The number of pyridine rings is 1. The Balaban J connectivity index is 1.97. The molecule has 2 heterocycles. The van der Waals surface area contributed by atoms with Gasteiger partial charge in [0.1, 0.15) is 0 Å². The summed E-state index contributed by atoms with van der Waals surface area (Å²) in [4.78, 5) is 4.06. The molecule has 1 aliphatic rings. The Morgan fingerprint density at radius 2 is 2.54 bits per heavy atom. The van der Waals surface area contributed by atoms with E-state index < -0.39 is 0 Å². The van der Waals surface area contributed by atoms with Crippen LogP contribution in [0.25, 0.3) is 6.08 Å². The lowest BCUT2D eigenvalue weighted by Crippen LogP contribution is -2.17. The van der Waals surface area contributed by atoms with E-state index in [1.165, 1.54) is 18.4 Å². The standard InChI is InChI=1S/C11H14N2/c1-3-10(9-12-7-1)5-6-11-4-2-8-13-11/h1,3,5-7,9,11,13H,2,4,8H2/b6-5-. The maximum atomic E-state index is 4.06. The number of hydrogen-bond acceptors (Lipinski definition) is 2. The largest absolute Gasteiger partial charge is 0.311 e. The topological polar surface area (TPSA) is 24.9 Å². The van der Waals surface area contributed by atoms with Crippen molar-refractivity contribution in [1.82, 2.24) is 10.3 Å². The van der Waals surface area contributed by atoms with Gasteiger partial charge in [-0.2, -0.15) is 0 Å². The van der Waals surface area contributed by atoms with E-state index in [4.69, 9.17) is 0 Å². The molecule has 0 spiro atoms. The summed E-state index contributed by atoms with van der Waals surface area (Å²) >= 11 is 0. The summed E-state index contributed by atoms with van der Waals surface area (Å²) in [6.07, 6.45) is 10.6. The van der Waals surface area contributed by atoms with E-state index in [0.29, 0.717) is 6.04 Å². The van der Waals surface area contributed by atoms with E-state index in [9.17, 15) is 0 Å². The van der Waals surface area contributed by atoms with Gasteiger partial charge in [-0.15, -0.1) is 0 Å². The van der Waals surface area contributed by atoms with Crippen molar-refractivity contribution in [3.8, 4) is 0 Å². The Labute approximate surface area is 78.7 Å². The molecule has 1 saturated heterocycles. The van der Waals surface area contributed by atoms with Crippen molar-refractivity contribution in [2.75, 3.05) is 6.54 Å². The van der Waals surface area contributed by atoms with Crippen molar-refractivity contribution in [1.29, 1.82) is 0 Å². The van der Waals surface area contributed by atoms with Gasteiger partial charge in [0.2, 0.25) is 0 Å². The van der Waals surface area contributed by atoms with Gasteiger partial charge in [-0.1, -0.05) is 18.2 Å². The van der Waals surface area contributed by atoms with Gasteiger partial charge in [0.25, 0.3) is 0 Å². The van der Waals surface area contributed by atoms with Crippen LogP contribution in [0.5, 0.6) is 0 Å². The van der Waals surface area contributed by atoms with E-state index in [0.717, 1.165) is 6.54 Å². The zero-order chi connectivity index (χ0) is 8.93. The molecule has 1 fully saturated rings. The number of hydrogen-bond donors (Lipinski definition) is 1. The summed E-state index contributed by atoms with van der Waals surface area (Å²) in [7, 11) is 0. The first-order chi connectivity index (χ1) is 6.45. The molecule has 0 aliphatic carbocycles. The average Bonchev–Trinajstić information content (AvgIpc) is 2.69. The van der Waals surface area contributed by atoms with E-state index in [2.05, 4.69) is 28.5 Å². The molecule has 2 nitrogen and oxygen atoms in total. The number of nitrogens with one attached hydrogen (secondary N) is 1. The zero-order valence-corrected chi connectivity index (χ0v) is 7.61. The Kier molecular flexibility index (Phi) is 2.72. The predicted octanol–water partition coefficient (Wildman–Crippen LogP) is 1.85. The van der Waals surface area contributed by atoms with Crippen LogP contribution < -0.4 is 5.32 Å². The first-order valence-electron chi connectivity index (χ1n) is 4.77. The average molecular weight is 174 g/mol. The minimum Gasteiger partial charge on any atom is -0.311 e. The third-order valence-electron chi connectivity index (χ3n) is 2.30. The molecule has 1 aliphatic heterocycles. The minimum absolute atomic E-state index is 0.570. The molecule has 1 aromatic heterocycles. The van der Waals surface area contributed by atoms with Gasteiger partial charge in [-0.3, -0.25) is 4.98 Å². The first-order valence-corrected chi connectivity index (χ1v) is 4.77. The normalized spacial score (nSPS) is 22.6. The maximum absolute atomic E-state index is 4.06. The van der Waals surface area contributed by atoms with Gasteiger partial charge in [0.05, 0.1) is 0 Å². The SMILES string of the molecule is C(=C/C1CCCN1)/c1cccnc1. The van der Waals surface area contributed by atoms with Gasteiger partial charge in [-0.05, 0) is 31.0 Å². The van der Waals surface area contributed by atoms with Crippen molar-refractivity contribution in [3.05, 3.63) is 36.2 Å². The van der Waals surface area contributed by atoms with E-state index in [1.54, 1.807) is 6.20 Å². The van der Waals surface area contributed by atoms with Crippen LogP contribution in [-0.2, 0) is 0 Å². The minimum atomic E-state index is 0.570. The smallest absolute Gasteiger partial charge is 0.0340 e. The highest BCUT2D eigenvalue weighted by molar-refractivity contribution is 5.48. The highest BCUT2D eigenvalue weighted by Crippen LogP contribution is 2.08. The van der Waals surface area contributed by atoms with E-state index in [-0.39, 0.29) is 0 Å². The van der Waals surface area contributed by atoms with Crippen molar-refractivity contribution in [2.24, 2.45) is 0 Å². The molecule has 1 unspecified atom stereocenters. The monoisotopic (exact) mass is 174 g/mol. The summed E-state index contributed by atoms with van der Waals surface area (Å²) in [6, 6.07) is 4.60. The van der Waals surface area contributed by atoms with Gasteiger partial charge in [0.15, 0.2) is 0 Å². The molecule has 0 amide bonds. The van der Waals surface area contributed by atoms with Crippen molar-refractivity contribution >= 4 is 6.08 Å². The summed E-state index contributed by atoms with van der Waals surface area (Å²) in [5.41, 5.74) is 1.18. The summed E-state index contributed by atoms with van der Waals surface area (Å²) < 4.78 is 0. The van der Waals surface area contributed by atoms with Crippen LogP contribution in [0.15, 0.2) is 30.6 Å². The number of aromatic nitrogens is 1. The molecule has 2 heteroatoms. The van der Waals surface area contributed by atoms with Gasteiger partial charge >= 0.3 is 0 Å². The van der Waals surface area contributed by atoms with E-state index in [1.807, 2.05) is 12.3 Å². The molecular weight excluding hydrogens is 160 g/mol. The van der Waals surface area contributed by atoms with Gasteiger partial charge in [0, 0.05) is 18.4 Å².